The van der Waals surface area contributed by atoms with Crippen molar-refractivity contribution in [1.29, 1.82) is 0 Å². The number of halogens is 1. The molecule has 2 fully saturated rings. The van der Waals surface area contributed by atoms with E-state index < -0.39 is 0 Å². The molecule has 2 heterocycles. The number of thioether (sulfide) groups is 1. The van der Waals surface area contributed by atoms with Gasteiger partial charge in [-0.05, 0) is 49.5 Å². The van der Waals surface area contributed by atoms with E-state index in [0.717, 1.165) is 24.2 Å². The van der Waals surface area contributed by atoms with E-state index in [-0.39, 0.29) is 30.7 Å². The first-order chi connectivity index (χ1) is 16.0. The Hall–Kier alpha value is -2.01. The summed E-state index contributed by atoms with van der Waals surface area (Å²) in [5.74, 6) is 0.637. The van der Waals surface area contributed by atoms with Gasteiger partial charge in [0.2, 0.25) is 11.0 Å². The number of carbonyl (C=O) groups excluding carboxylic acids is 2. The highest BCUT2D eigenvalue weighted by molar-refractivity contribution is 8.26. The maximum Gasteiger partial charge on any atom is 0.266 e. The molecule has 1 aliphatic carbocycles. The number of alkyl halides is 1. The van der Waals surface area contributed by atoms with Crippen LogP contribution in [0.15, 0.2) is 29.2 Å². The van der Waals surface area contributed by atoms with Crippen LogP contribution in [-0.4, -0.2) is 43.9 Å². The lowest BCUT2D eigenvalue weighted by atomic mass is 9.98. The second-order valence-corrected chi connectivity index (χ2v) is 10.7. The number of rotatable bonds is 8. The largest absolute Gasteiger partial charge is 0.490 e. The van der Waals surface area contributed by atoms with Gasteiger partial charge in [-0.15, -0.1) is 21.8 Å². The lowest BCUT2D eigenvalue weighted by Crippen LogP contribution is -2.31. The minimum Gasteiger partial charge on any atom is -0.490 e. The molecular formula is C22H23ClN4O3S3. The molecule has 1 N–H and O–H groups in total. The average Bonchev–Trinajstić information content (AvgIpc) is 3.38. The van der Waals surface area contributed by atoms with Crippen LogP contribution in [0.1, 0.15) is 49.1 Å². The number of ether oxygens (including phenoxy) is 1. The molecule has 174 valence electrons. The van der Waals surface area contributed by atoms with Gasteiger partial charge in [-0.3, -0.25) is 14.5 Å². The molecule has 33 heavy (non-hydrogen) atoms. The molecule has 0 bridgehead atoms. The summed E-state index contributed by atoms with van der Waals surface area (Å²) in [5, 5.41) is 11.4. The lowest BCUT2D eigenvalue weighted by Gasteiger charge is -2.22. The first kappa shape index (κ1) is 24.1. The second kappa shape index (κ2) is 11.4. The van der Waals surface area contributed by atoms with Crippen LogP contribution in [-0.2, 0) is 15.5 Å². The minimum absolute atomic E-state index is 0.0999. The molecule has 1 saturated carbocycles. The number of aromatic nitrogens is 2. The maximum atomic E-state index is 12.8. The molecule has 7 nitrogen and oxygen atoms in total. The standard InChI is InChI=1S/C22H23ClN4O3S3/c23-13-19-25-26-21(33-19)24-18(28)10-11-27-20(29)17(32-22(27)31)12-14-6-8-16(9-7-14)30-15-4-2-1-3-5-15/h6-9,12,15H,1-5,10-11,13H2,(H,24,26,28)/b17-12-. The van der Waals surface area contributed by atoms with E-state index >= 15 is 0 Å². The van der Waals surface area contributed by atoms with Crippen molar-refractivity contribution in [1.82, 2.24) is 15.1 Å². The molecule has 1 aliphatic heterocycles. The summed E-state index contributed by atoms with van der Waals surface area (Å²) in [6.45, 7) is 0.198. The molecule has 4 rings (SSSR count). The molecule has 0 radical (unpaired) electrons. The van der Waals surface area contributed by atoms with Gasteiger partial charge in [0, 0.05) is 13.0 Å². The number of thiocarbonyl (C=S) groups is 1. The van der Waals surface area contributed by atoms with E-state index in [1.165, 1.54) is 47.3 Å². The number of anilines is 1. The Balaban J connectivity index is 1.30. The highest BCUT2D eigenvalue weighted by Gasteiger charge is 2.32. The molecule has 1 saturated heterocycles. The molecule has 0 atom stereocenters. The van der Waals surface area contributed by atoms with Gasteiger partial charge in [0.1, 0.15) is 15.1 Å². The summed E-state index contributed by atoms with van der Waals surface area (Å²) in [7, 11) is 0. The van der Waals surface area contributed by atoms with Gasteiger partial charge in [-0.25, -0.2) is 0 Å². The van der Waals surface area contributed by atoms with Gasteiger partial charge in [0.05, 0.1) is 16.9 Å². The molecule has 0 spiro atoms. The monoisotopic (exact) mass is 522 g/mol. The van der Waals surface area contributed by atoms with Crippen molar-refractivity contribution in [3.63, 3.8) is 0 Å². The third-order valence-electron chi connectivity index (χ3n) is 5.30. The molecule has 2 amide bonds. The smallest absolute Gasteiger partial charge is 0.266 e. The van der Waals surface area contributed by atoms with Crippen LogP contribution in [0.5, 0.6) is 5.75 Å². The predicted molar refractivity (Wildman–Crippen MR) is 137 cm³/mol. The van der Waals surface area contributed by atoms with Crippen molar-refractivity contribution in [3.05, 3.63) is 39.7 Å². The van der Waals surface area contributed by atoms with Crippen LogP contribution in [0.3, 0.4) is 0 Å². The zero-order chi connectivity index (χ0) is 23.2. The van der Waals surface area contributed by atoms with Gasteiger partial charge in [0.25, 0.3) is 5.91 Å². The predicted octanol–water partition coefficient (Wildman–Crippen LogP) is 5.22. The number of nitrogens with zero attached hydrogens (tertiary/aromatic N) is 3. The van der Waals surface area contributed by atoms with Crippen LogP contribution in [0, 0.1) is 0 Å². The number of carbonyl (C=O) groups is 2. The van der Waals surface area contributed by atoms with Crippen LogP contribution in [0.4, 0.5) is 5.13 Å². The van der Waals surface area contributed by atoms with E-state index in [9.17, 15) is 9.59 Å². The van der Waals surface area contributed by atoms with Crippen LogP contribution >= 0.6 is 46.9 Å². The normalized spacial score (nSPS) is 18.2. The molecule has 11 heteroatoms. The molecule has 0 unspecified atom stereocenters. The SMILES string of the molecule is O=C(CCN1C(=O)/C(=C/c2ccc(OC3CCCCC3)cc2)SC1=S)Nc1nnc(CCl)s1. The first-order valence-corrected chi connectivity index (χ1v) is 13.3. The minimum atomic E-state index is -0.265. The zero-order valence-corrected chi connectivity index (χ0v) is 21.0. The van der Waals surface area contributed by atoms with Crippen LogP contribution in [0.2, 0.25) is 0 Å². The van der Waals surface area contributed by atoms with Crippen molar-refractivity contribution < 1.29 is 14.3 Å². The van der Waals surface area contributed by atoms with Gasteiger partial charge in [-0.2, -0.15) is 0 Å². The molecule has 1 aromatic heterocycles. The maximum absolute atomic E-state index is 12.8. The summed E-state index contributed by atoms with van der Waals surface area (Å²) >= 11 is 13.5. The summed E-state index contributed by atoms with van der Waals surface area (Å²) in [6, 6.07) is 7.76. The second-order valence-electron chi connectivity index (χ2n) is 7.71. The molecule has 2 aliphatic rings. The third-order valence-corrected chi connectivity index (χ3v) is 7.92. The van der Waals surface area contributed by atoms with E-state index in [1.54, 1.807) is 0 Å². The average molecular weight is 523 g/mol. The highest BCUT2D eigenvalue weighted by atomic mass is 35.5. The van der Waals surface area contributed by atoms with E-state index in [1.807, 2.05) is 30.3 Å². The van der Waals surface area contributed by atoms with Crippen molar-refractivity contribution in [2.75, 3.05) is 11.9 Å². The molecule has 1 aromatic carbocycles. The Morgan fingerprint density at radius 2 is 2.00 bits per heavy atom. The fourth-order valence-electron chi connectivity index (χ4n) is 3.62. The lowest BCUT2D eigenvalue weighted by molar-refractivity contribution is -0.122. The van der Waals surface area contributed by atoms with Crippen molar-refractivity contribution in [3.8, 4) is 5.75 Å². The number of amides is 2. The summed E-state index contributed by atoms with van der Waals surface area (Å²) in [5.41, 5.74) is 0.899. The quantitative estimate of drug-likeness (QED) is 0.289. The van der Waals surface area contributed by atoms with Gasteiger partial charge < -0.3 is 10.1 Å². The Morgan fingerprint density at radius 1 is 1.24 bits per heavy atom. The van der Waals surface area contributed by atoms with Crippen molar-refractivity contribution in [2.45, 2.75) is 50.5 Å². The van der Waals surface area contributed by atoms with Crippen LogP contribution < -0.4 is 10.1 Å². The Bertz CT molecular complexity index is 1050. The number of nitrogens with one attached hydrogen (secondary N) is 1. The van der Waals surface area contributed by atoms with E-state index in [4.69, 9.17) is 28.6 Å². The van der Waals surface area contributed by atoms with Crippen molar-refractivity contribution >= 4 is 74.3 Å². The van der Waals surface area contributed by atoms with Gasteiger partial charge in [0.15, 0.2) is 0 Å². The summed E-state index contributed by atoms with van der Waals surface area (Å²) < 4.78 is 6.51. The third kappa shape index (κ3) is 6.53. The van der Waals surface area contributed by atoms with Gasteiger partial charge >= 0.3 is 0 Å². The fraction of sp³-hybridized carbons (Fsp3) is 0.409. The number of hydrogen-bond acceptors (Lipinski definition) is 8. The van der Waals surface area contributed by atoms with Crippen molar-refractivity contribution in [2.24, 2.45) is 0 Å². The number of benzene rings is 1. The van der Waals surface area contributed by atoms with Crippen LogP contribution in [0.25, 0.3) is 6.08 Å². The highest BCUT2D eigenvalue weighted by Crippen LogP contribution is 2.33. The Morgan fingerprint density at radius 3 is 2.70 bits per heavy atom. The summed E-state index contributed by atoms with van der Waals surface area (Å²) in [4.78, 5) is 27.0. The van der Waals surface area contributed by atoms with E-state index in [2.05, 4.69) is 15.5 Å². The van der Waals surface area contributed by atoms with Gasteiger partial charge in [-0.1, -0.05) is 53.9 Å². The Labute approximate surface area is 210 Å². The molecular weight excluding hydrogens is 500 g/mol. The fourth-order valence-corrected chi connectivity index (χ4v) is 5.75. The number of hydrogen-bond donors (Lipinski definition) is 1. The molecule has 2 aromatic rings. The van der Waals surface area contributed by atoms with E-state index in [0.29, 0.717) is 25.5 Å². The first-order valence-electron chi connectivity index (χ1n) is 10.7. The summed E-state index contributed by atoms with van der Waals surface area (Å²) in [6.07, 6.45) is 8.18. The topological polar surface area (TPSA) is 84.4 Å². The Kier molecular flexibility index (Phi) is 8.34. The zero-order valence-electron chi connectivity index (χ0n) is 17.8.